The van der Waals surface area contributed by atoms with Crippen molar-refractivity contribution in [2.24, 2.45) is 0 Å². The zero-order valence-electron chi connectivity index (χ0n) is 53.7. The molecule has 0 aromatic rings. The van der Waals surface area contributed by atoms with Gasteiger partial charge in [0.2, 0.25) is 11.8 Å². The highest BCUT2D eigenvalue weighted by molar-refractivity contribution is 5.96. The summed E-state index contributed by atoms with van der Waals surface area (Å²) in [5, 5.41) is 5.96. The van der Waals surface area contributed by atoms with Crippen LogP contribution in [0.15, 0.2) is 0 Å². The van der Waals surface area contributed by atoms with E-state index in [0.717, 1.165) is 89.9 Å². The van der Waals surface area contributed by atoms with Crippen LogP contribution in [-0.4, -0.2) is 123 Å². The Hall–Kier alpha value is -3.26. The first-order chi connectivity index (χ1) is 40.1. The van der Waals surface area contributed by atoms with Crippen LogP contribution in [0.5, 0.6) is 0 Å². The van der Waals surface area contributed by atoms with Crippen LogP contribution in [0.25, 0.3) is 0 Å². The number of piperazine rings is 1. The summed E-state index contributed by atoms with van der Waals surface area (Å²) in [6.07, 6.45) is 48.5. The molecule has 1 rings (SSSR count). The Kier molecular flexibility index (Phi) is 54.4. The first kappa shape index (κ1) is 76.8. The van der Waals surface area contributed by atoms with Crippen molar-refractivity contribution in [1.82, 2.24) is 20.4 Å². The Labute approximate surface area is 502 Å². The highest BCUT2D eigenvalue weighted by Crippen LogP contribution is 2.17. The lowest BCUT2D eigenvalue weighted by atomic mass is 10.0. The van der Waals surface area contributed by atoms with E-state index < -0.39 is 12.1 Å². The van der Waals surface area contributed by atoms with E-state index in [9.17, 15) is 28.8 Å². The molecule has 480 valence electrons. The molecule has 0 aromatic carbocycles. The average molecular weight is 1160 g/mol. The zero-order valence-corrected chi connectivity index (χ0v) is 53.7. The van der Waals surface area contributed by atoms with Crippen LogP contribution in [0, 0.1) is 0 Å². The van der Waals surface area contributed by atoms with E-state index in [4.69, 9.17) is 18.9 Å². The maximum absolute atomic E-state index is 13.3. The molecular formula is C68H128N4O10. The van der Waals surface area contributed by atoms with Crippen LogP contribution in [-0.2, 0) is 47.7 Å². The number of carbonyl (C=O) groups excluding carboxylic acids is 6. The Morgan fingerprint density at radius 3 is 0.720 bits per heavy atom. The molecule has 14 nitrogen and oxygen atoms in total. The summed E-state index contributed by atoms with van der Waals surface area (Å²) in [5.41, 5.74) is 0. The van der Waals surface area contributed by atoms with E-state index in [1.165, 1.54) is 154 Å². The molecule has 0 spiro atoms. The molecule has 1 saturated heterocycles. The van der Waals surface area contributed by atoms with Crippen molar-refractivity contribution in [3.63, 3.8) is 0 Å². The molecule has 2 atom stereocenters. The van der Waals surface area contributed by atoms with Gasteiger partial charge in [0.05, 0.1) is 0 Å². The van der Waals surface area contributed by atoms with E-state index >= 15 is 0 Å². The van der Waals surface area contributed by atoms with E-state index in [1.807, 2.05) is 0 Å². The molecule has 1 fully saturated rings. The Morgan fingerprint density at radius 2 is 0.500 bits per heavy atom. The Balaban J connectivity index is 2.60. The molecule has 0 aliphatic carbocycles. The van der Waals surface area contributed by atoms with Gasteiger partial charge in [-0.2, -0.15) is 0 Å². The number of ether oxygens (including phenoxy) is 4. The van der Waals surface area contributed by atoms with Gasteiger partial charge in [0, 0.05) is 51.9 Å². The largest absolute Gasteiger partial charge is 0.464 e. The number of hydrogen-bond acceptors (Lipinski definition) is 12. The molecule has 14 heteroatoms. The van der Waals surface area contributed by atoms with E-state index in [1.54, 1.807) is 0 Å². The van der Waals surface area contributed by atoms with Gasteiger partial charge in [-0.15, -0.1) is 0 Å². The quantitative estimate of drug-likeness (QED) is 0.0336. The fourth-order valence-corrected chi connectivity index (χ4v) is 10.9. The standard InChI is InChI=1S/C68H128N4O10/c1-5-9-13-17-21-25-29-33-37-47-63(73)79-57-53-71(54-58-80-64(74)48-38-34-30-26-22-18-14-10-6-2)51-43-41-45-61-67(77)70-62(68(78)69-61)46-42-44-52-72(55-59-81-65(75)49-39-35-31-27-23-19-15-11-7-3)56-60-82-66(76)50-40-36-32-28-24-20-16-12-8-4/h61-62H,5-60H2,1-4H3,(H,69,78)(H,70,77). The first-order valence-corrected chi connectivity index (χ1v) is 34.8. The fraction of sp³-hybridized carbons (Fsp3) is 0.912. The molecule has 0 saturated carbocycles. The van der Waals surface area contributed by atoms with Crippen molar-refractivity contribution >= 4 is 35.7 Å². The van der Waals surface area contributed by atoms with Crippen LogP contribution < -0.4 is 10.6 Å². The number of nitrogens with one attached hydrogen (secondary N) is 2. The zero-order chi connectivity index (χ0) is 59.6. The third-order valence-electron chi connectivity index (χ3n) is 16.3. The number of hydrogen-bond donors (Lipinski definition) is 2. The fourth-order valence-electron chi connectivity index (χ4n) is 10.9. The first-order valence-electron chi connectivity index (χ1n) is 34.8. The normalized spacial score (nSPS) is 14.3. The molecule has 0 aromatic heterocycles. The van der Waals surface area contributed by atoms with Crippen LogP contribution in [0.3, 0.4) is 0 Å². The van der Waals surface area contributed by atoms with Crippen molar-refractivity contribution in [3.05, 3.63) is 0 Å². The summed E-state index contributed by atoms with van der Waals surface area (Å²) < 4.78 is 22.6. The SMILES string of the molecule is CCCCCCCCCCCC(=O)OCCN(CCCCC1NC(=O)C(CCCCN(CCOC(=O)CCCCCCCCCCC)CCOC(=O)CCCCCCCCCCC)NC1=O)CCOC(=O)CCCCCCCCCCC. The van der Waals surface area contributed by atoms with Crippen LogP contribution in [0.1, 0.15) is 323 Å². The van der Waals surface area contributed by atoms with Crippen molar-refractivity contribution in [1.29, 1.82) is 0 Å². The minimum absolute atomic E-state index is 0.169. The van der Waals surface area contributed by atoms with Crippen LogP contribution >= 0.6 is 0 Å². The number of carbonyl (C=O) groups is 6. The molecule has 2 amide bonds. The summed E-state index contributed by atoms with van der Waals surface area (Å²) in [5.74, 6) is -1.02. The predicted octanol–water partition coefficient (Wildman–Crippen LogP) is 15.8. The summed E-state index contributed by atoms with van der Waals surface area (Å²) in [6, 6.07) is -1.22. The lowest BCUT2D eigenvalue weighted by Crippen LogP contribution is -2.61. The molecule has 2 N–H and O–H groups in total. The monoisotopic (exact) mass is 1160 g/mol. The van der Waals surface area contributed by atoms with Crippen molar-refractivity contribution in [3.8, 4) is 0 Å². The lowest BCUT2D eigenvalue weighted by molar-refractivity contribution is -0.146. The van der Waals surface area contributed by atoms with Gasteiger partial charge in [-0.3, -0.25) is 38.6 Å². The smallest absolute Gasteiger partial charge is 0.305 e. The average Bonchev–Trinajstić information content (AvgIpc) is 3.58. The second kappa shape index (κ2) is 58.1. The maximum atomic E-state index is 13.3. The molecule has 82 heavy (non-hydrogen) atoms. The molecule has 2 unspecified atom stereocenters. The van der Waals surface area contributed by atoms with Gasteiger partial charge in [-0.25, -0.2) is 0 Å². The van der Waals surface area contributed by atoms with Gasteiger partial charge in [-0.05, 0) is 77.3 Å². The summed E-state index contributed by atoms with van der Waals surface area (Å²) in [7, 11) is 0. The summed E-state index contributed by atoms with van der Waals surface area (Å²) in [4.78, 5) is 81.4. The maximum Gasteiger partial charge on any atom is 0.305 e. The molecule has 1 aliphatic heterocycles. The van der Waals surface area contributed by atoms with Crippen molar-refractivity contribution in [2.75, 3.05) is 65.7 Å². The summed E-state index contributed by atoms with van der Waals surface area (Å²) >= 11 is 0. The highest BCUT2D eigenvalue weighted by Gasteiger charge is 2.33. The number of esters is 4. The minimum atomic E-state index is -0.609. The van der Waals surface area contributed by atoms with Crippen LogP contribution in [0.2, 0.25) is 0 Å². The third kappa shape index (κ3) is 49.0. The second-order valence-corrected chi connectivity index (χ2v) is 24.0. The lowest BCUT2D eigenvalue weighted by Gasteiger charge is -2.30. The van der Waals surface area contributed by atoms with Gasteiger partial charge in [0.15, 0.2) is 0 Å². The van der Waals surface area contributed by atoms with Crippen molar-refractivity contribution < 1.29 is 47.7 Å². The Bertz CT molecular complexity index is 1340. The third-order valence-corrected chi connectivity index (χ3v) is 16.3. The van der Waals surface area contributed by atoms with E-state index in [0.29, 0.717) is 90.6 Å². The van der Waals surface area contributed by atoms with E-state index in [-0.39, 0.29) is 62.1 Å². The molecule has 0 bridgehead atoms. The number of unbranched alkanes of at least 4 members (excludes halogenated alkanes) is 34. The number of nitrogens with zero attached hydrogens (tertiary/aromatic N) is 2. The van der Waals surface area contributed by atoms with Gasteiger partial charge in [0.25, 0.3) is 0 Å². The number of rotatable bonds is 62. The topological polar surface area (TPSA) is 170 Å². The minimum Gasteiger partial charge on any atom is -0.464 e. The molecular weight excluding hydrogens is 1030 g/mol. The van der Waals surface area contributed by atoms with Gasteiger partial charge < -0.3 is 29.6 Å². The number of amides is 2. The van der Waals surface area contributed by atoms with Crippen LogP contribution in [0.4, 0.5) is 0 Å². The predicted molar refractivity (Wildman–Crippen MR) is 336 cm³/mol. The molecule has 1 heterocycles. The Morgan fingerprint density at radius 1 is 0.293 bits per heavy atom. The van der Waals surface area contributed by atoms with Gasteiger partial charge in [0.1, 0.15) is 38.5 Å². The molecule has 1 aliphatic rings. The van der Waals surface area contributed by atoms with E-state index in [2.05, 4.69) is 48.1 Å². The molecule has 0 radical (unpaired) electrons. The highest BCUT2D eigenvalue weighted by atomic mass is 16.5. The van der Waals surface area contributed by atoms with Crippen molar-refractivity contribution in [2.45, 2.75) is 335 Å². The second-order valence-electron chi connectivity index (χ2n) is 24.0. The van der Waals surface area contributed by atoms with Gasteiger partial charge >= 0.3 is 23.9 Å². The summed E-state index contributed by atoms with van der Waals surface area (Å²) in [6.45, 7) is 13.5. The van der Waals surface area contributed by atoms with Gasteiger partial charge in [-0.1, -0.05) is 233 Å².